The lowest BCUT2D eigenvalue weighted by Gasteiger charge is -2.22. The SMILES string of the molecule is CC(C)n1cc(Br)cc1C(=O)N(C)CC(=O)N1CCCC1. The molecule has 0 N–H and O–H groups in total. The highest BCUT2D eigenvalue weighted by Gasteiger charge is 2.24. The van der Waals surface area contributed by atoms with Gasteiger partial charge < -0.3 is 14.4 Å². The molecule has 0 spiro atoms. The fraction of sp³-hybridized carbons (Fsp3) is 0.600. The number of hydrogen-bond donors (Lipinski definition) is 0. The van der Waals surface area contributed by atoms with Crippen molar-refractivity contribution in [2.75, 3.05) is 26.7 Å². The molecule has 1 aliphatic heterocycles. The van der Waals surface area contributed by atoms with E-state index >= 15 is 0 Å². The van der Waals surface area contributed by atoms with Crippen molar-refractivity contribution in [3.05, 3.63) is 22.4 Å². The maximum absolute atomic E-state index is 12.5. The van der Waals surface area contributed by atoms with E-state index in [1.165, 1.54) is 4.90 Å². The molecular formula is C15H22BrN3O2. The maximum Gasteiger partial charge on any atom is 0.270 e. The van der Waals surface area contributed by atoms with Gasteiger partial charge in [0.15, 0.2) is 0 Å². The van der Waals surface area contributed by atoms with Crippen LogP contribution in [-0.4, -0.2) is 52.9 Å². The first kappa shape index (κ1) is 16.1. The van der Waals surface area contributed by atoms with Gasteiger partial charge in [0.1, 0.15) is 5.69 Å². The summed E-state index contributed by atoms with van der Waals surface area (Å²) in [5.41, 5.74) is 0.605. The van der Waals surface area contributed by atoms with Crippen LogP contribution in [-0.2, 0) is 4.79 Å². The molecule has 0 aromatic carbocycles. The summed E-state index contributed by atoms with van der Waals surface area (Å²) in [6, 6.07) is 2.00. The highest BCUT2D eigenvalue weighted by Crippen LogP contribution is 2.20. The summed E-state index contributed by atoms with van der Waals surface area (Å²) in [5.74, 6) is -0.0907. The number of likely N-dealkylation sites (tertiary alicyclic amines) is 1. The zero-order valence-corrected chi connectivity index (χ0v) is 14.4. The average Bonchev–Trinajstić information content (AvgIpc) is 3.06. The predicted molar refractivity (Wildman–Crippen MR) is 85.3 cm³/mol. The third-order valence-corrected chi connectivity index (χ3v) is 4.20. The zero-order chi connectivity index (χ0) is 15.6. The Balaban J connectivity index is 2.06. The van der Waals surface area contributed by atoms with Gasteiger partial charge in [-0.3, -0.25) is 9.59 Å². The molecule has 1 aromatic rings. The molecule has 116 valence electrons. The highest BCUT2D eigenvalue weighted by atomic mass is 79.9. The molecule has 1 aliphatic rings. The molecule has 0 radical (unpaired) electrons. The van der Waals surface area contributed by atoms with Crippen LogP contribution >= 0.6 is 15.9 Å². The molecule has 0 unspecified atom stereocenters. The van der Waals surface area contributed by atoms with Crippen LogP contribution in [0.15, 0.2) is 16.7 Å². The van der Waals surface area contributed by atoms with E-state index in [9.17, 15) is 9.59 Å². The van der Waals surface area contributed by atoms with E-state index in [-0.39, 0.29) is 24.4 Å². The van der Waals surface area contributed by atoms with Crippen LogP contribution in [0.1, 0.15) is 43.2 Å². The lowest BCUT2D eigenvalue weighted by molar-refractivity contribution is -0.130. The second-order valence-corrected chi connectivity index (χ2v) is 6.71. The number of hydrogen-bond acceptors (Lipinski definition) is 2. The second kappa shape index (κ2) is 6.64. The van der Waals surface area contributed by atoms with Crippen LogP contribution in [0.3, 0.4) is 0 Å². The standard InChI is InChI=1S/C15H22BrN3O2/c1-11(2)19-9-12(16)8-13(19)15(21)17(3)10-14(20)18-6-4-5-7-18/h8-9,11H,4-7,10H2,1-3H3. The Kier molecular flexibility index (Phi) is 5.08. The Morgan fingerprint density at radius 1 is 1.33 bits per heavy atom. The smallest absolute Gasteiger partial charge is 0.270 e. The van der Waals surface area contributed by atoms with Crippen molar-refractivity contribution in [1.82, 2.24) is 14.4 Å². The van der Waals surface area contributed by atoms with Crippen molar-refractivity contribution in [3.63, 3.8) is 0 Å². The van der Waals surface area contributed by atoms with E-state index in [0.717, 1.165) is 30.4 Å². The van der Waals surface area contributed by atoms with Gasteiger partial charge in [-0.25, -0.2) is 0 Å². The van der Waals surface area contributed by atoms with Crippen LogP contribution in [0.5, 0.6) is 0 Å². The monoisotopic (exact) mass is 355 g/mol. The van der Waals surface area contributed by atoms with Crippen molar-refractivity contribution >= 4 is 27.7 Å². The van der Waals surface area contributed by atoms with Gasteiger partial charge in [0.05, 0.1) is 6.54 Å². The topological polar surface area (TPSA) is 45.6 Å². The molecule has 6 heteroatoms. The summed E-state index contributed by atoms with van der Waals surface area (Å²) >= 11 is 3.41. The van der Waals surface area contributed by atoms with Gasteiger partial charge >= 0.3 is 0 Å². The van der Waals surface area contributed by atoms with Gasteiger partial charge in [-0.05, 0) is 48.7 Å². The normalized spacial score (nSPS) is 14.8. The third kappa shape index (κ3) is 3.67. The Morgan fingerprint density at radius 2 is 1.95 bits per heavy atom. The molecule has 1 aromatic heterocycles. The average molecular weight is 356 g/mol. The van der Waals surface area contributed by atoms with Gasteiger partial charge in [-0.1, -0.05) is 0 Å². The van der Waals surface area contributed by atoms with E-state index in [1.54, 1.807) is 13.1 Å². The van der Waals surface area contributed by atoms with E-state index in [0.29, 0.717) is 5.69 Å². The minimum atomic E-state index is -0.123. The minimum absolute atomic E-state index is 0.0325. The van der Waals surface area contributed by atoms with Crippen LogP contribution < -0.4 is 0 Å². The Labute approximate surface area is 134 Å². The maximum atomic E-state index is 12.5. The summed E-state index contributed by atoms with van der Waals surface area (Å²) in [6.07, 6.45) is 4.02. The van der Waals surface area contributed by atoms with E-state index in [2.05, 4.69) is 15.9 Å². The second-order valence-electron chi connectivity index (χ2n) is 5.79. The molecule has 5 nitrogen and oxygen atoms in total. The van der Waals surface area contributed by atoms with Crippen LogP contribution in [0.4, 0.5) is 0 Å². The molecule has 0 atom stereocenters. The van der Waals surface area contributed by atoms with Crippen LogP contribution in [0.25, 0.3) is 0 Å². The third-order valence-electron chi connectivity index (χ3n) is 3.77. The molecule has 2 amide bonds. The molecule has 1 saturated heterocycles. The van der Waals surface area contributed by atoms with E-state index in [1.807, 2.05) is 29.5 Å². The Bertz CT molecular complexity index is 533. The van der Waals surface area contributed by atoms with E-state index in [4.69, 9.17) is 0 Å². The zero-order valence-electron chi connectivity index (χ0n) is 12.8. The highest BCUT2D eigenvalue weighted by molar-refractivity contribution is 9.10. The molecule has 2 heterocycles. The van der Waals surface area contributed by atoms with Gasteiger partial charge in [0, 0.05) is 36.8 Å². The summed E-state index contributed by atoms with van der Waals surface area (Å²) in [6.45, 7) is 5.82. The molecule has 0 aliphatic carbocycles. The van der Waals surface area contributed by atoms with Crippen LogP contribution in [0.2, 0.25) is 0 Å². The minimum Gasteiger partial charge on any atom is -0.341 e. The number of rotatable bonds is 4. The quantitative estimate of drug-likeness (QED) is 0.832. The molecule has 21 heavy (non-hydrogen) atoms. The Morgan fingerprint density at radius 3 is 2.52 bits per heavy atom. The Hall–Kier alpha value is -1.30. The summed E-state index contributed by atoms with van der Waals surface area (Å²) < 4.78 is 2.79. The molecule has 1 fully saturated rings. The fourth-order valence-corrected chi connectivity index (χ4v) is 3.02. The fourth-order valence-electron chi connectivity index (χ4n) is 2.58. The summed E-state index contributed by atoms with van der Waals surface area (Å²) in [7, 11) is 1.68. The largest absolute Gasteiger partial charge is 0.341 e. The molecule has 0 saturated carbocycles. The number of carbonyl (C=O) groups is 2. The number of aromatic nitrogens is 1. The van der Waals surface area contributed by atoms with Crippen LogP contribution in [0, 0.1) is 0 Å². The van der Waals surface area contributed by atoms with Crippen molar-refractivity contribution in [1.29, 1.82) is 0 Å². The van der Waals surface area contributed by atoms with Crippen molar-refractivity contribution < 1.29 is 9.59 Å². The number of amides is 2. The summed E-state index contributed by atoms with van der Waals surface area (Å²) in [5, 5.41) is 0. The molecular weight excluding hydrogens is 334 g/mol. The first-order valence-electron chi connectivity index (χ1n) is 7.30. The van der Waals surface area contributed by atoms with Gasteiger partial charge in [-0.2, -0.15) is 0 Å². The summed E-state index contributed by atoms with van der Waals surface area (Å²) in [4.78, 5) is 28.0. The van der Waals surface area contributed by atoms with E-state index < -0.39 is 0 Å². The van der Waals surface area contributed by atoms with Crippen molar-refractivity contribution in [3.8, 4) is 0 Å². The van der Waals surface area contributed by atoms with Gasteiger partial charge in [-0.15, -0.1) is 0 Å². The van der Waals surface area contributed by atoms with Gasteiger partial charge in [0.25, 0.3) is 5.91 Å². The number of likely N-dealkylation sites (N-methyl/N-ethyl adjacent to an activating group) is 1. The molecule has 0 bridgehead atoms. The van der Waals surface area contributed by atoms with Gasteiger partial charge in [0.2, 0.25) is 5.91 Å². The lowest BCUT2D eigenvalue weighted by Crippen LogP contribution is -2.40. The first-order valence-corrected chi connectivity index (χ1v) is 8.10. The number of halogens is 1. The predicted octanol–water partition coefficient (Wildman–Crippen LogP) is 2.53. The molecule has 2 rings (SSSR count). The number of carbonyl (C=O) groups excluding carboxylic acids is 2. The van der Waals surface area contributed by atoms with Crippen molar-refractivity contribution in [2.45, 2.75) is 32.7 Å². The number of nitrogens with zero attached hydrogens (tertiary/aromatic N) is 3. The van der Waals surface area contributed by atoms with Crippen molar-refractivity contribution in [2.24, 2.45) is 0 Å². The first-order chi connectivity index (χ1) is 9.90. The lowest BCUT2D eigenvalue weighted by atomic mass is 10.3.